The number of aryl methyl sites for hydroxylation is 1. The van der Waals surface area contributed by atoms with Crippen LogP contribution in [0.15, 0.2) is 108 Å². The van der Waals surface area contributed by atoms with Gasteiger partial charge in [0.15, 0.2) is 0 Å². The zero-order chi connectivity index (χ0) is 31.6. The van der Waals surface area contributed by atoms with Gasteiger partial charge in [-0.1, -0.05) is 30.3 Å². The fourth-order valence-electron chi connectivity index (χ4n) is 3.86. The molecule has 0 saturated heterocycles. The minimum absolute atomic E-state index is 0.00202. The fourth-order valence-corrected chi connectivity index (χ4v) is 4.61. The first kappa shape index (κ1) is 31.1. The number of hydrogen-bond donors (Lipinski definition) is 3. The van der Waals surface area contributed by atoms with Gasteiger partial charge in [0.2, 0.25) is 5.91 Å². The topological polar surface area (TPSA) is 174 Å². The van der Waals surface area contributed by atoms with Gasteiger partial charge in [-0.25, -0.2) is 0 Å². The fraction of sp³-hybridized carbons (Fsp3) is 0.0645. The average molecular weight is 612 g/mol. The van der Waals surface area contributed by atoms with Crippen LogP contribution in [0.25, 0.3) is 6.08 Å². The highest BCUT2D eigenvalue weighted by atomic mass is 32.2. The van der Waals surface area contributed by atoms with Crippen molar-refractivity contribution in [3.63, 3.8) is 0 Å². The van der Waals surface area contributed by atoms with E-state index in [0.717, 1.165) is 0 Å². The summed E-state index contributed by atoms with van der Waals surface area (Å²) < 4.78 is 0. The minimum atomic E-state index is -0.645. The van der Waals surface area contributed by atoms with Crippen molar-refractivity contribution in [2.75, 3.05) is 16.4 Å². The molecule has 0 bridgehead atoms. The van der Waals surface area contributed by atoms with Crippen LogP contribution < -0.4 is 16.0 Å². The Morgan fingerprint density at radius 2 is 1.48 bits per heavy atom. The molecule has 3 amide bonds. The second kappa shape index (κ2) is 14.4. The van der Waals surface area contributed by atoms with E-state index in [1.54, 1.807) is 67.6 Å². The van der Waals surface area contributed by atoms with E-state index >= 15 is 0 Å². The molecule has 12 nitrogen and oxygen atoms in total. The first-order valence-electron chi connectivity index (χ1n) is 13.0. The molecule has 0 unspecified atom stereocenters. The first-order valence-corrected chi connectivity index (χ1v) is 14.0. The summed E-state index contributed by atoms with van der Waals surface area (Å²) in [5.41, 5.74) is 1.83. The van der Waals surface area contributed by atoms with Gasteiger partial charge < -0.3 is 16.0 Å². The lowest BCUT2D eigenvalue weighted by atomic mass is 10.1. The summed E-state index contributed by atoms with van der Waals surface area (Å²) in [6, 6.07) is 24.7. The highest BCUT2D eigenvalue weighted by molar-refractivity contribution is 8.00. The molecule has 4 aromatic rings. The minimum Gasteiger partial charge on any atom is -0.325 e. The van der Waals surface area contributed by atoms with Crippen molar-refractivity contribution in [1.29, 1.82) is 0 Å². The van der Waals surface area contributed by atoms with Gasteiger partial charge in [-0.05, 0) is 66.6 Å². The highest BCUT2D eigenvalue weighted by Gasteiger charge is 2.16. The molecule has 0 atom stereocenters. The summed E-state index contributed by atoms with van der Waals surface area (Å²) in [6.45, 7) is 1.73. The van der Waals surface area contributed by atoms with E-state index in [2.05, 4.69) is 16.0 Å². The maximum absolute atomic E-state index is 13.3. The maximum atomic E-state index is 13.3. The molecule has 0 radical (unpaired) electrons. The number of non-ortho nitro benzene ring substituents is 2. The van der Waals surface area contributed by atoms with Gasteiger partial charge in [-0.15, -0.1) is 11.8 Å². The number of carbonyl (C=O) groups is 3. The Kier molecular flexibility index (Phi) is 10.2. The van der Waals surface area contributed by atoms with E-state index < -0.39 is 21.7 Å². The molecule has 0 aliphatic heterocycles. The molecule has 222 valence electrons. The number of amides is 3. The molecule has 0 aliphatic carbocycles. The smallest absolute Gasteiger partial charge is 0.272 e. The van der Waals surface area contributed by atoms with Gasteiger partial charge in [-0.3, -0.25) is 34.6 Å². The van der Waals surface area contributed by atoms with Crippen LogP contribution in [0.4, 0.5) is 22.7 Å². The average Bonchev–Trinajstić information content (AvgIpc) is 3.01. The lowest BCUT2D eigenvalue weighted by Gasteiger charge is -2.12. The van der Waals surface area contributed by atoms with Crippen LogP contribution in [-0.4, -0.2) is 33.3 Å². The van der Waals surface area contributed by atoms with Crippen molar-refractivity contribution >= 4 is 58.3 Å². The summed E-state index contributed by atoms with van der Waals surface area (Å²) in [5.74, 6) is -1.54. The first-order chi connectivity index (χ1) is 21.1. The van der Waals surface area contributed by atoms with Crippen LogP contribution in [0.3, 0.4) is 0 Å². The Morgan fingerprint density at radius 3 is 2.16 bits per heavy atom. The number of nitro groups is 2. The molecule has 0 aliphatic rings. The maximum Gasteiger partial charge on any atom is 0.272 e. The van der Waals surface area contributed by atoms with Crippen LogP contribution >= 0.6 is 11.8 Å². The number of thioether (sulfide) groups is 1. The molecule has 4 rings (SSSR count). The zero-order valence-electron chi connectivity index (χ0n) is 23.2. The van der Waals surface area contributed by atoms with Crippen molar-refractivity contribution in [3.8, 4) is 0 Å². The van der Waals surface area contributed by atoms with Crippen molar-refractivity contribution in [3.05, 3.63) is 140 Å². The third-order valence-electron chi connectivity index (χ3n) is 6.11. The monoisotopic (exact) mass is 611 g/mol. The Balaban J connectivity index is 1.46. The second-order valence-corrected chi connectivity index (χ2v) is 10.4. The Labute approximate surface area is 255 Å². The summed E-state index contributed by atoms with van der Waals surface area (Å²) in [5, 5.41) is 30.1. The van der Waals surface area contributed by atoms with E-state index in [-0.39, 0.29) is 28.7 Å². The Bertz CT molecular complexity index is 1760. The van der Waals surface area contributed by atoms with E-state index in [1.807, 2.05) is 0 Å². The van der Waals surface area contributed by atoms with Gasteiger partial charge in [-0.2, -0.15) is 0 Å². The van der Waals surface area contributed by atoms with E-state index in [1.165, 1.54) is 54.2 Å². The molecule has 3 N–H and O–H groups in total. The van der Waals surface area contributed by atoms with Crippen LogP contribution in [0.2, 0.25) is 0 Å². The van der Waals surface area contributed by atoms with Crippen LogP contribution in [0, 0.1) is 27.2 Å². The third-order valence-corrected chi connectivity index (χ3v) is 7.11. The largest absolute Gasteiger partial charge is 0.325 e. The predicted octanol–water partition coefficient (Wildman–Crippen LogP) is 5.95. The summed E-state index contributed by atoms with van der Waals surface area (Å²) in [4.78, 5) is 60.4. The number of nitro benzene ring substituents is 2. The number of benzene rings is 4. The van der Waals surface area contributed by atoms with Crippen molar-refractivity contribution in [2.24, 2.45) is 0 Å². The van der Waals surface area contributed by atoms with Crippen molar-refractivity contribution in [1.82, 2.24) is 5.32 Å². The third kappa shape index (κ3) is 8.59. The van der Waals surface area contributed by atoms with Crippen LogP contribution in [0.5, 0.6) is 0 Å². The number of carbonyl (C=O) groups excluding carboxylic acids is 3. The lowest BCUT2D eigenvalue weighted by Crippen LogP contribution is -2.30. The molecule has 0 saturated carbocycles. The Hall–Kier alpha value is -5.82. The van der Waals surface area contributed by atoms with Gasteiger partial charge in [0, 0.05) is 40.4 Å². The quantitative estimate of drug-likeness (QED) is 0.0807. The lowest BCUT2D eigenvalue weighted by molar-refractivity contribution is -0.385. The number of anilines is 2. The summed E-state index contributed by atoms with van der Waals surface area (Å²) in [7, 11) is 0. The van der Waals surface area contributed by atoms with Crippen LogP contribution in [0.1, 0.15) is 21.5 Å². The van der Waals surface area contributed by atoms with Gasteiger partial charge in [0.1, 0.15) is 5.70 Å². The normalized spacial score (nSPS) is 10.9. The molecule has 0 fully saturated rings. The van der Waals surface area contributed by atoms with Crippen molar-refractivity contribution in [2.45, 2.75) is 11.8 Å². The Morgan fingerprint density at radius 1 is 0.795 bits per heavy atom. The molecule has 44 heavy (non-hydrogen) atoms. The molecule has 4 aromatic carbocycles. The number of rotatable bonds is 11. The van der Waals surface area contributed by atoms with E-state index in [4.69, 9.17) is 0 Å². The number of nitrogens with one attached hydrogen (secondary N) is 3. The van der Waals surface area contributed by atoms with Crippen LogP contribution in [-0.2, 0) is 9.59 Å². The zero-order valence-corrected chi connectivity index (χ0v) is 24.0. The van der Waals surface area contributed by atoms with Gasteiger partial charge >= 0.3 is 0 Å². The number of hydrogen-bond acceptors (Lipinski definition) is 8. The van der Waals surface area contributed by atoms with E-state index in [0.29, 0.717) is 33.0 Å². The van der Waals surface area contributed by atoms with Crippen molar-refractivity contribution < 1.29 is 24.2 Å². The SMILES string of the molecule is Cc1ccc([N+](=O)[O-])cc1NC(=O)CSc1cccc(NC(=O)/C(=C\c2ccc([N+](=O)[O-])cc2)NC(=O)c2ccccc2)c1. The number of nitrogens with zero attached hydrogens (tertiary/aromatic N) is 2. The van der Waals surface area contributed by atoms with Gasteiger partial charge in [0.05, 0.1) is 21.3 Å². The molecular weight excluding hydrogens is 586 g/mol. The molecule has 0 heterocycles. The summed E-state index contributed by atoms with van der Waals surface area (Å²) >= 11 is 1.19. The predicted molar refractivity (Wildman–Crippen MR) is 167 cm³/mol. The van der Waals surface area contributed by atoms with Gasteiger partial charge in [0.25, 0.3) is 23.2 Å². The second-order valence-electron chi connectivity index (χ2n) is 9.30. The van der Waals surface area contributed by atoms with E-state index in [9.17, 15) is 34.6 Å². The standard InChI is InChI=1S/C31H25N5O7S/c1-20-10-13-25(36(42)43)18-27(20)33-29(37)19-44-26-9-5-8-23(17-26)32-31(39)28(34-30(38)22-6-3-2-4-7-22)16-21-11-14-24(15-12-21)35(40)41/h2-18H,19H2,1H3,(H,32,39)(H,33,37)(H,34,38)/b28-16+. The molecule has 0 aromatic heterocycles. The molecule has 0 spiro atoms. The molecule has 13 heteroatoms. The highest BCUT2D eigenvalue weighted by Crippen LogP contribution is 2.25. The molecular formula is C31H25N5O7S. The summed E-state index contributed by atoms with van der Waals surface area (Å²) in [6.07, 6.45) is 1.40.